The summed E-state index contributed by atoms with van der Waals surface area (Å²) in [6, 6.07) is 19.0. The lowest BCUT2D eigenvalue weighted by Crippen LogP contribution is -2.10. The molecule has 5 nitrogen and oxygen atoms in total. The minimum absolute atomic E-state index is 0.0884. The smallest absolute Gasteiger partial charge is 0.291 e. The van der Waals surface area contributed by atoms with Crippen LogP contribution in [0, 0.1) is 0 Å². The minimum Gasteiger partial charge on any atom is -0.506 e. The fourth-order valence-electron chi connectivity index (χ4n) is 2.75. The van der Waals surface area contributed by atoms with Crippen molar-refractivity contribution >= 4 is 57.7 Å². The quantitative estimate of drug-likeness (QED) is 0.369. The number of hydrogen-bond acceptors (Lipinski definition) is 4. The van der Waals surface area contributed by atoms with E-state index in [0.29, 0.717) is 27.5 Å². The predicted octanol–water partition coefficient (Wildman–Crippen LogP) is 6.45. The molecule has 0 radical (unpaired) electrons. The molecule has 4 rings (SSSR count). The molecule has 0 unspecified atom stereocenters. The van der Waals surface area contributed by atoms with Gasteiger partial charge < -0.3 is 14.8 Å². The summed E-state index contributed by atoms with van der Waals surface area (Å²) in [4.78, 5) is 16.7. The van der Waals surface area contributed by atoms with Gasteiger partial charge in [0.05, 0.1) is 10.7 Å². The molecular formula is C22H14Cl2N2O3. The Morgan fingerprint density at radius 3 is 2.55 bits per heavy atom. The Morgan fingerprint density at radius 2 is 1.79 bits per heavy atom. The number of aliphatic imine (C=N–C) groups is 1. The van der Waals surface area contributed by atoms with Gasteiger partial charge in [-0.05, 0) is 48.5 Å². The summed E-state index contributed by atoms with van der Waals surface area (Å²) in [6.07, 6.45) is 1.47. The molecule has 0 fully saturated rings. The molecule has 0 atom stereocenters. The summed E-state index contributed by atoms with van der Waals surface area (Å²) < 4.78 is 5.56. The maximum absolute atomic E-state index is 12.4. The lowest BCUT2D eigenvalue weighted by Gasteiger charge is -2.04. The summed E-state index contributed by atoms with van der Waals surface area (Å²) >= 11 is 11.8. The van der Waals surface area contributed by atoms with Crippen molar-refractivity contribution in [2.24, 2.45) is 4.99 Å². The second-order valence-corrected chi connectivity index (χ2v) is 7.08. The van der Waals surface area contributed by atoms with Crippen molar-refractivity contribution in [3.05, 3.63) is 88.1 Å². The van der Waals surface area contributed by atoms with E-state index >= 15 is 0 Å². The first kappa shape index (κ1) is 19.1. The first-order chi connectivity index (χ1) is 14.0. The highest BCUT2D eigenvalue weighted by atomic mass is 35.5. The van der Waals surface area contributed by atoms with Gasteiger partial charge in [0.1, 0.15) is 11.3 Å². The summed E-state index contributed by atoms with van der Waals surface area (Å²) in [7, 11) is 0. The van der Waals surface area contributed by atoms with Crippen LogP contribution in [0.4, 0.5) is 11.4 Å². The van der Waals surface area contributed by atoms with E-state index in [9.17, 15) is 9.90 Å². The molecule has 4 aromatic rings. The molecule has 0 saturated carbocycles. The fraction of sp³-hybridized carbons (Fsp3) is 0. The Balaban J connectivity index is 1.47. The van der Waals surface area contributed by atoms with Gasteiger partial charge in [-0.25, -0.2) is 0 Å². The Kier molecular flexibility index (Phi) is 5.25. The molecule has 1 heterocycles. The second kappa shape index (κ2) is 7.99. The van der Waals surface area contributed by atoms with Crippen molar-refractivity contribution < 1.29 is 14.3 Å². The van der Waals surface area contributed by atoms with Crippen LogP contribution in [0.3, 0.4) is 0 Å². The van der Waals surface area contributed by atoms with Crippen LogP contribution in [0.15, 0.2) is 76.1 Å². The van der Waals surface area contributed by atoms with Crippen LogP contribution in [0.2, 0.25) is 10.0 Å². The number of nitrogens with one attached hydrogen (secondary N) is 1. The lowest BCUT2D eigenvalue weighted by molar-refractivity contribution is 0.0998. The van der Waals surface area contributed by atoms with Crippen LogP contribution in [0.5, 0.6) is 5.75 Å². The van der Waals surface area contributed by atoms with Gasteiger partial charge >= 0.3 is 0 Å². The lowest BCUT2D eigenvalue weighted by atomic mass is 10.2. The molecule has 2 N–H and O–H groups in total. The molecule has 0 saturated heterocycles. The van der Waals surface area contributed by atoms with Crippen molar-refractivity contribution in [1.82, 2.24) is 0 Å². The maximum Gasteiger partial charge on any atom is 0.291 e. The molecule has 1 aromatic heterocycles. The normalized spacial score (nSPS) is 11.2. The fourth-order valence-corrected chi connectivity index (χ4v) is 3.25. The highest BCUT2D eigenvalue weighted by molar-refractivity contribution is 6.36. The zero-order valence-corrected chi connectivity index (χ0v) is 16.4. The molecule has 1 amide bonds. The molecule has 0 aliphatic rings. The number of para-hydroxylation sites is 1. The van der Waals surface area contributed by atoms with Gasteiger partial charge in [0, 0.05) is 27.9 Å². The highest BCUT2D eigenvalue weighted by Crippen LogP contribution is 2.30. The van der Waals surface area contributed by atoms with Gasteiger partial charge in [0.15, 0.2) is 5.76 Å². The van der Waals surface area contributed by atoms with E-state index < -0.39 is 0 Å². The number of fused-ring (bicyclic) bond motifs is 1. The summed E-state index contributed by atoms with van der Waals surface area (Å²) in [5.41, 5.74) is 2.29. The summed E-state index contributed by atoms with van der Waals surface area (Å²) in [6.45, 7) is 0. The highest BCUT2D eigenvalue weighted by Gasteiger charge is 2.12. The number of rotatable bonds is 4. The van der Waals surface area contributed by atoms with Crippen LogP contribution in [0.1, 0.15) is 16.1 Å². The average Bonchev–Trinajstić information content (AvgIpc) is 3.15. The number of phenolic OH excluding ortho intramolecular Hbond substituents is 1. The molecular weight excluding hydrogens is 411 g/mol. The third-order valence-corrected chi connectivity index (χ3v) is 4.69. The second-order valence-electron chi connectivity index (χ2n) is 6.23. The largest absolute Gasteiger partial charge is 0.506 e. The number of furan rings is 1. The number of anilines is 1. The number of carbonyl (C=O) groups excluding carboxylic acids is 1. The SMILES string of the molecule is O=C(Nc1ccc(N=Cc2cc(Cl)cc(Cl)c2O)cc1)c1cc2ccccc2o1. The average molecular weight is 425 g/mol. The van der Waals surface area contributed by atoms with E-state index in [0.717, 1.165) is 5.39 Å². The summed E-state index contributed by atoms with van der Waals surface area (Å²) in [5.74, 6) is -0.188. The van der Waals surface area contributed by atoms with Crippen molar-refractivity contribution in [1.29, 1.82) is 0 Å². The zero-order valence-electron chi connectivity index (χ0n) is 14.9. The molecule has 0 spiro atoms. The number of phenols is 1. The Labute approximate surface area is 176 Å². The van der Waals surface area contributed by atoms with E-state index in [1.54, 1.807) is 36.4 Å². The van der Waals surface area contributed by atoms with Gasteiger partial charge in [-0.2, -0.15) is 0 Å². The minimum atomic E-state index is -0.337. The predicted molar refractivity (Wildman–Crippen MR) is 116 cm³/mol. The molecule has 0 aliphatic carbocycles. The number of nitrogens with zero attached hydrogens (tertiary/aromatic N) is 1. The number of carbonyl (C=O) groups is 1. The maximum atomic E-state index is 12.4. The Hall–Kier alpha value is -3.28. The molecule has 0 aliphatic heterocycles. The van der Waals surface area contributed by atoms with Gasteiger partial charge in [-0.3, -0.25) is 9.79 Å². The number of aromatic hydroxyl groups is 1. The topological polar surface area (TPSA) is 74.8 Å². The van der Waals surface area contributed by atoms with E-state index in [4.69, 9.17) is 27.6 Å². The first-order valence-corrected chi connectivity index (χ1v) is 9.37. The Bertz CT molecular complexity index is 1200. The molecule has 144 valence electrons. The molecule has 3 aromatic carbocycles. The van der Waals surface area contributed by atoms with Crippen LogP contribution in [-0.2, 0) is 0 Å². The van der Waals surface area contributed by atoms with Crippen LogP contribution < -0.4 is 5.32 Å². The van der Waals surface area contributed by atoms with Crippen molar-refractivity contribution in [3.8, 4) is 5.75 Å². The molecule has 7 heteroatoms. The Morgan fingerprint density at radius 1 is 1.03 bits per heavy atom. The third-order valence-electron chi connectivity index (χ3n) is 4.18. The van der Waals surface area contributed by atoms with E-state index in [2.05, 4.69) is 10.3 Å². The van der Waals surface area contributed by atoms with Gasteiger partial charge in [0.2, 0.25) is 0 Å². The van der Waals surface area contributed by atoms with Gasteiger partial charge in [-0.15, -0.1) is 0 Å². The van der Waals surface area contributed by atoms with Crippen LogP contribution in [-0.4, -0.2) is 17.2 Å². The molecule has 0 bridgehead atoms. The van der Waals surface area contributed by atoms with E-state index in [1.165, 1.54) is 12.3 Å². The van der Waals surface area contributed by atoms with Crippen molar-refractivity contribution in [3.63, 3.8) is 0 Å². The monoisotopic (exact) mass is 424 g/mol. The first-order valence-electron chi connectivity index (χ1n) is 8.62. The van der Waals surface area contributed by atoms with Crippen LogP contribution in [0.25, 0.3) is 11.0 Å². The standard InChI is InChI=1S/C22H14Cl2N2O3/c23-15-9-14(21(27)18(24)11-15)12-25-16-5-7-17(8-6-16)26-22(28)20-10-13-3-1-2-4-19(13)29-20/h1-12,27H,(H,26,28). The number of amides is 1. The van der Waals surface area contributed by atoms with Crippen LogP contribution >= 0.6 is 23.2 Å². The number of halogens is 2. The van der Waals surface area contributed by atoms with E-state index in [1.807, 2.05) is 24.3 Å². The zero-order chi connectivity index (χ0) is 20.4. The third kappa shape index (κ3) is 4.26. The van der Waals surface area contributed by atoms with E-state index in [-0.39, 0.29) is 22.4 Å². The molecule has 29 heavy (non-hydrogen) atoms. The number of benzene rings is 3. The number of hydrogen-bond donors (Lipinski definition) is 2. The summed E-state index contributed by atoms with van der Waals surface area (Å²) in [5, 5.41) is 14.2. The van der Waals surface area contributed by atoms with Gasteiger partial charge in [0.25, 0.3) is 5.91 Å². The van der Waals surface area contributed by atoms with Crippen molar-refractivity contribution in [2.75, 3.05) is 5.32 Å². The van der Waals surface area contributed by atoms with Crippen molar-refractivity contribution in [2.45, 2.75) is 0 Å². The van der Waals surface area contributed by atoms with Gasteiger partial charge in [-0.1, -0.05) is 41.4 Å².